The number of ether oxygens (including phenoxy) is 1. The maximum Gasteiger partial charge on any atom is 0.218 e. The molecule has 0 fully saturated rings. The average molecular weight is 336 g/mol. The summed E-state index contributed by atoms with van der Waals surface area (Å²) < 4.78 is 6.68. The molecule has 1 N–H and O–H groups in total. The van der Waals surface area contributed by atoms with E-state index in [0.717, 1.165) is 22.1 Å². The summed E-state index contributed by atoms with van der Waals surface area (Å²) in [4.78, 5) is 8.42. The van der Waals surface area contributed by atoms with Crippen molar-refractivity contribution in [2.45, 2.75) is 33.0 Å². The molecule has 0 saturated heterocycles. The van der Waals surface area contributed by atoms with Crippen molar-refractivity contribution in [1.82, 2.24) is 15.3 Å². The Labute approximate surface area is 127 Å². The van der Waals surface area contributed by atoms with Crippen LogP contribution >= 0.6 is 15.9 Å². The van der Waals surface area contributed by atoms with E-state index >= 15 is 0 Å². The number of pyridine rings is 2. The quantitative estimate of drug-likeness (QED) is 0.879. The minimum atomic E-state index is 0.123. The minimum Gasteiger partial charge on any atom is -0.475 e. The standard InChI is InChI=1S/C15H18BrN3O/c1-11(2)20-15-13(4-3-5-19-15)9-17-7-12-6-14(16)10-18-8-12/h3-6,8,10-11,17H,7,9H2,1-2H3. The van der Waals surface area contributed by atoms with Gasteiger partial charge in [0.1, 0.15) is 0 Å². The average Bonchev–Trinajstić information content (AvgIpc) is 2.40. The van der Waals surface area contributed by atoms with Crippen molar-refractivity contribution < 1.29 is 4.74 Å². The molecule has 106 valence electrons. The van der Waals surface area contributed by atoms with Crippen LogP contribution in [0.1, 0.15) is 25.0 Å². The summed E-state index contributed by atoms with van der Waals surface area (Å²) >= 11 is 3.42. The molecule has 2 heterocycles. The first-order chi connectivity index (χ1) is 9.65. The Morgan fingerprint density at radius 3 is 2.90 bits per heavy atom. The van der Waals surface area contributed by atoms with E-state index in [-0.39, 0.29) is 6.10 Å². The molecule has 0 bridgehead atoms. The molecule has 0 radical (unpaired) electrons. The second-order valence-electron chi connectivity index (χ2n) is 4.75. The van der Waals surface area contributed by atoms with Crippen LogP contribution in [-0.4, -0.2) is 16.1 Å². The van der Waals surface area contributed by atoms with Gasteiger partial charge in [-0.05, 0) is 47.5 Å². The van der Waals surface area contributed by atoms with Crippen LogP contribution < -0.4 is 10.1 Å². The number of halogens is 1. The summed E-state index contributed by atoms with van der Waals surface area (Å²) in [6.45, 7) is 5.46. The Morgan fingerprint density at radius 2 is 2.15 bits per heavy atom. The lowest BCUT2D eigenvalue weighted by atomic mass is 10.2. The molecule has 0 aliphatic carbocycles. The van der Waals surface area contributed by atoms with Crippen LogP contribution in [0, 0.1) is 0 Å². The second-order valence-corrected chi connectivity index (χ2v) is 5.66. The third-order valence-electron chi connectivity index (χ3n) is 2.60. The fourth-order valence-corrected chi connectivity index (χ4v) is 2.19. The molecular weight excluding hydrogens is 318 g/mol. The number of aromatic nitrogens is 2. The summed E-state index contributed by atoms with van der Waals surface area (Å²) in [5.74, 6) is 0.697. The van der Waals surface area contributed by atoms with Gasteiger partial charge in [0.25, 0.3) is 0 Å². The predicted octanol–water partition coefficient (Wildman–Crippen LogP) is 3.32. The molecule has 2 aromatic rings. The zero-order chi connectivity index (χ0) is 14.4. The van der Waals surface area contributed by atoms with E-state index in [0.29, 0.717) is 12.4 Å². The molecule has 0 aliphatic heterocycles. The maximum absolute atomic E-state index is 5.70. The molecule has 2 aromatic heterocycles. The number of nitrogens with zero attached hydrogens (tertiary/aromatic N) is 2. The van der Waals surface area contributed by atoms with E-state index in [2.05, 4.69) is 37.3 Å². The van der Waals surface area contributed by atoms with Gasteiger partial charge in [-0.25, -0.2) is 4.98 Å². The first-order valence-electron chi connectivity index (χ1n) is 6.56. The third kappa shape index (κ3) is 4.58. The largest absolute Gasteiger partial charge is 0.475 e. The molecule has 5 heteroatoms. The van der Waals surface area contributed by atoms with Gasteiger partial charge in [-0.1, -0.05) is 6.07 Å². The van der Waals surface area contributed by atoms with Crippen molar-refractivity contribution in [2.75, 3.05) is 0 Å². The summed E-state index contributed by atoms with van der Waals surface area (Å²) in [6.07, 6.45) is 5.50. The van der Waals surface area contributed by atoms with Crippen LogP contribution in [0.2, 0.25) is 0 Å². The van der Waals surface area contributed by atoms with E-state index in [1.807, 2.05) is 32.2 Å². The van der Waals surface area contributed by atoms with Gasteiger partial charge in [-0.3, -0.25) is 4.98 Å². The fourth-order valence-electron chi connectivity index (χ4n) is 1.78. The summed E-state index contributed by atoms with van der Waals surface area (Å²) in [5.41, 5.74) is 2.19. The topological polar surface area (TPSA) is 47.0 Å². The van der Waals surface area contributed by atoms with Gasteiger partial charge < -0.3 is 10.1 Å². The molecule has 0 aliphatic rings. The Hall–Kier alpha value is -1.46. The zero-order valence-electron chi connectivity index (χ0n) is 11.6. The zero-order valence-corrected chi connectivity index (χ0v) is 13.2. The first-order valence-corrected chi connectivity index (χ1v) is 7.35. The van der Waals surface area contributed by atoms with E-state index in [1.165, 1.54) is 0 Å². The third-order valence-corrected chi connectivity index (χ3v) is 3.04. The fraction of sp³-hybridized carbons (Fsp3) is 0.333. The number of hydrogen-bond donors (Lipinski definition) is 1. The van der Waals surface area contributed by atoms with Crippen LogP contribution in [0.25, 0.3) is 0 Å². The Balaban J connectivity index is 1.94. The highest BCUT2D eigenvalue weighted by atomic mass is 79.9. The van der Waals surface area contributed by atoms with Gasteiger partial charge >= 0.3 is 0 Å². The Bertz CT molecular complexity index is 560. The predicted molar refractivity (Wildman–Crippen MR) is 82.5 cm³/mol. The van der Waals surface area contributed by atoms with Gasteiger partial charge in [0.2, 0.25) is 5.88 Å². The van der Waals surface area contributed by atoms with Crippen LogP contribution in [-0.2, 0) is 13.1 Å². The minimum absolute atomic E-state index is 0.123. The molecule has 4 nitrogen and oxygen atoms in total. The lowest BCUT2D eigenvalue weighted by Crippen LogP contribution is -2.15. The molecule has 0 aromatic carbocycles. The highest BCUT2D eigenvalue weighted by Crippen LogP contribution is 2.16. The van der Waals surface area contributed by atoms with Gasteiger partial charge in [0.05, 0.1) is 6.10 Å². The molecule has 20 heavy (non-hydrogen) atoms. The molecule has 0 atom stereocenters. The van der Waals surface area contributed by atoms with Crippen molar-refractivity contribution in [1.29, 1.82) is 0 Å². The molecular formula is C15H18BrN3O. The number of rotatable bonds is 6. The van der Waals surface area contributed by atoms with Gasteiger partial charge in [0.15, 0.2) is 0 Å². The highest BCUT2D eigenvalue weighted by Gasteiger charge is 2.06. The van der Waals surface area contributed by atoms with Gasteiger partial charge in [-0.15, -0.1) is 0 Å². The van der Waals surface area contributed by atoms with Crippen LogP contribution in [0.3, 0.4) is 0 Å². The van der Waals surface area contributed by atoms with E-state index in [4.69, 9.17) is 4.74 Å². The monoisotopic (exact) mass is 335 g/mol. The normalized spacial score (nSPS) is 10.8. The van der Waals surface area contributed by atoms with E-state index in [9.17, 15) is 0 Å². The number of nitrogens with one attached hydrogen (secondary N) is 1. The van der Waals surface area contributed by atoms with E-state index in [1.54, 1.807) is 12.4 Å². The molecule has 0 unspecified atom stereocenters. The Morgan fingerprint density at radius 1 is 1.30 bits per heavy atom. The Kier molecular flexibility index (Phi) is 5.49. The first kappa shape index (κ1) is 14.9. The lowest BCUT2D eigenvalue weighted by Gasteiger charge is -2.13. The van der Waals surface area contributed by atoms with Crippen molar-refractivity contribution in [3.05, 3.63) is 52.4 Å². The summed E-state index contributed by atoms with van der Waals surface area (Å²) in [5, 5.41) is 3.38. The van der Waals surface area contributed by atoms with Crippen LogP contribution in [0.15, 0.2) is 41.3 Å². The van der Waals surface area contributed by atoms with Crippen molar-refractivity contribution >= 4 is 15.9 Å². The number of hydrogen-bond acceptors (Lipinski definition) is 4. The molecule has 0 amide bonds. The lowest BCUT2D eigenvalue weighted by molar-refractivity contribution is 0.229. The van der Waals surface area contributed by atoms with E-state index < -0.39 is 0 Å². The van der Waals surface area contributed by atoms with Crippen molar-refractivity contribution in [3.63, 3.8) is 0 Å². The molecule has 0 saturated carbocycles. The SMILES string of the molecule is CC(C)Oc1ncccc1CNCc1cncc(Br)c1. The highest BCUT2D eigenvalue weighted by molar-refractivity contribution is 9.10. The smallest absolute Gasteiger partial charge is 0.218 e. The van der Waals surface area contributed by atoms with Crippen molar-refractivity contribution in [3.8, 4) is 5.88 Å². The maximum atomic E-state index is 5.70. The van der Waals surface area contributed by atoms with Crippen LogP contribution in [0.4, 0.5) is 0 Å². The summed E-state index contributed by atoms with van der Waals surface area (Å²) in [6, 6.07) is 6.00. The van der Waals surface area contributed by atoms with Crippen molar-refractivity contribution in [2.24, 2.45) is 0 Å². The molecule has 0 spiro atoms. The van der Waals surface area contributed by atoms with Gasteiger partial charge in [0, 0.05) is 41.7 Å². The second kappa shape index (κ2) is 7.36. The van der Waals surface area contributed by atoms with Gasteiger partial charge in [-0.2, -0.15) is 0 Å². The summed E-state index contributed by atoms with van der Waals surface area (Å²) in [7, 11) is 0. The van der Waals surface area contributed by atoms with Crippen LogP contribution in [0.5, 0.6) is 5.88 Å². The molecule has 2 rings (SSSR count).